The highest BCUT2D eigenvalue weighted by molar-refractivity contribution is 7.92. The van der Waals surface area contributed by atoms with E-state index in [0.717, 1.165) is 11.3 Å². The molecule has 11 heteroatoms. The minimum Gasteiger partial charge on any atom is -0.444 e. The summed E-state index contributed by atoms with van der Waals surface area (Å²) in [6.45, 7) is 7.98. The van der Waals surface area contributed by atoms with Crippen LogP contribution < -0.4 is 10.0 Å². The number of nitrogens with zero attached hydrogens (tertiary/aromatic N) is 1. The summed E-state index contributed by atoms with van der Waals surface area (Å²) < 4.78 is 32.0. The van der Waals surface area contributed by atoms with Crippen molar-refractivity contribution in [2.45, 2.75) is 56.2 Å². The molecule has 0 radical (unpaired) electrons. The fourth-order valence-corrected chi connectivity index (χ4v) is 4.41. The second-order valence-electron chi connectivity index (χ2n) is 8.01. The summed E-state index contributed by atoms with van der Waals surface area (Å²) in [5.74, 6) is -0.980. The van der Waals surface area contributed by atoms with Gasteiger partial charge in [0.25, 0.3) is 15.9 Å². The van der Waals surface area contributed by atoms with Crippen LogP contribution in [0.15, 0.2) is 40.9 Å². The first kappa shape index (κ1) is 23.8. The molecule has 0 aliphatic heterocycles. The number of amides is 2. The molecule has 0 saturated heterocycles. The molecule has 1 atom stereocenters. The van der Waals surface area contributed by atoms with Crippen LogP contribution in [0.25, 0.3) is 0 Å². The van der Waals surface area contributed by atoms with Crippen LogP contribution in [0.1, 0.15) is 51.1 Å². The lowest BCUT2D eigenvalue weighted by molar-refractivity contribution is -0.121. The number of nitrogens with one attached hydrogen (secondary N) is 2. The number of aliphatic hydroxyl groups is 1. The zero-order valence-corrected chi connectivity index (χ0v) is 18.9. The summed E-state index contributed by atoms with van der Waals surface area (Å²) in [6.07, 6.45) is 0.361. The lowest BCUT2D eigenvalue weighted by Crippen LogP contribution is -2.44. The Balaban J connectivity index is 2.27. The average molecular weight is 456 g/mol. The average Bonchev–Trinajstić information content (AvgIpc) is 3.10. The summed E-state index contributed by atoms with van der Waals surface area (Å²) in [6, 6.07) is 6.85. The molecule has 2 rings (SSSR count). The Kier molecular flexibility index (Phi) is 6.90. The van der Waals surface area contributed by atoms with E-state index in [4.69, 9.17) is 4.74 Å². The fraction of sp³-hybridized carbons (Fsp3) is 0.421. The van der Waals surface area contributed by atoms with Gasteiger partial charge in [0, 0.05) is 6.20 Å². The van der Waals surface area contributed by atoms with Gasteiger partial charge in [-0.3, -0.25) is 4.79 Å². The molecule has 0 unspecified atom stereocenters. The van der Waals surface area contributed by atoms with Gasteiger partial charge in [-0.25, -0.2) is 14.5 Å². The molecule has 1 aromatic heterocycles. The van der Waals surface area contributed by atoms with Crippen LogP contribution in [0.4, 0.5) is 4.79 Å². The van der Waals surface area contributed by atoms with E-state index in [1.165, 1.54) is 20.0 Å². The Hall–Kier alpha value is -2.50. The van der Waals surface area contributed by atoms with Crippen LogP contribution in [0, 0.1) is 0 Å². The van der Waals surface area contributed by atoms with Gasteiger partial charge in [0.05, 0.1) is 10.5 Å². The quantitative estimate of drug-likeness (QED) is 0.609. The van der Waals surface area contributed by atoms with Crippen molar-refractivity contribution in [3.63, 3.8) is 0 Å². The minimum absolute atomic E-state index is 0.321. The summed E-state index contributed by atoms with van der Waals surface area (Å²) >= 11 is 0.742. The zero-order chi connectivity index (χ0) is 22.7. The zero-order valence-electron chi connectivity index (χ0n) is 17.3. The normalized spacial score (nSPS) is 13.4. The molecule has 164 valence electrons. The first-order chi connectivity index (χ1) is 13.7. The van der Waals surface area contributed by atoms with Crippen molar-refractivity contribution in [3.8, 4) is 0 Å². The number of hydrogen-bond donors (Lipinski definition) is 3. The number of ether oxygens (including phenoxy) is 1. The standard InChI is InChI=1S/C19H25N3O6S2/c1-18(2,3)28-16(24)21-14(12-9-7-6-8-10-12)15(23)22-30(26,27)17-20-11-13(29-17)19(4,5)25/h6-11,14,25H,1-5H3,(H,21,24)(H,22,23)/t14-/m1/s1. The summed E-state index contributed by atoms with van der Waals surface area (Å²) in [5.41, 5.74) is -1.71. The van der Waals surface area contributed by atoms with Gasteiger partial charge in [-0.1, -0.05) is 30.3 Å². The summed E-state index contributed by atoms with van der Waals surface area (Å²) in [4.78, 5) is 29.1. The predicted molar refractivity (Wildman–Crippen MR) is 111 cm³/mol. The van der Waals surface area contributed by atoms with E-state index >= 15 is 0 Å². The van der Waals surface area contributed by atoms with Crippen LogP contribution >= 0.6 is 11.3 Å². The molecule has 0 bridgehead atoms. The monoisotopic (exact) mass is 455 g/mol. The van der Waals surface area contributed by atoms with Crippen molar-refractivity contribution in [1.82, 2.24) is 15.0 Å². The maximum Gasteiger partial charge on any atom is 0.408 e. The Morgan fingerprint density at radius 2 is 1.73 bits per heavy atom. The first-order valence-corrected chi connectivity index (χ1v) is 11.3. The molecule has 2 aromatic rings. The third-order valence-corrected chi connectivity index (χ3v) is 6.66. The van der Waals surface area contributed by atoms with Gasteiger partial charge in [0.15, 0.2) is 0 Å². The first-order valence-electron chi connectivity index (χ1n) is 8.99. The maximum absolute atomic E-state index is 12.8. The van der Waals surface area contributed by atoms with Gasteiger partial charge < -0.3 is 15.2 Å². The van der Waals surface area contributed by atoms with Gasteiger partial charge in [-0.05, 0) is 40.2 Å². The number of aromatic nitrogens is 1. The molecular formula is C19H25N3O6S2. The number of benzene rings is 1. The number of alkyl carbamates (subject to hydrolysis) is 1. The van der Waals surface area contributed by atoms with Gasteiger partial charge in [-0.2, -0.15) is 8.42 Å². The van der Waals surface area contributed by atoms with E-state index in [1.54, 1.807) is 51.1 Å². The predicted octanol–water partition coefficient (Wildman–Crippen LogP) is 2.44. The van der Waals surface area contributed by atoms with Crippen LogP contribution in [-0.2, 0) is 25.2 Å². The van der Waals surface area contributed by atoms with Gasteiger partial charge >= 0.3 is 6.09 Å². The SMILES string of the molecule is CC(C)(C)OC(=O)N[C@@H](C(=O)NS(=O)(=O)c1ncc(C(C)(C)O)s1)c1ccccc1. The molecule has 30 heavy (non-hydrogen) atoms. The maximum atomic E-state index is 12.8. The molecule has 0 saturated carbocycles. The van der Waals surface area contributed by atoms with Crippen molar-refractivity contribution in [1.29, 1.82) is 0 Å². The van der Waals surface area contributed by atoms with E-state index in [9.17, 15) is 23.1 Å². The third kappa shape index (κ3) is 6.51. The Labute approximate surface area is 179 Å². The number of sulfonamides is 1. The highest BCUT2D eigenvalue weighted by Gasteiger charge is 2.31. The van der Waals surface area contributed by atoms with Crippen molar-refractivity contribution < 1.29 is 27.9 Å². The minimum atomic E-state index is -4.32. The summed E-state index contributed by atoms with van der Waals surface area (Å²) in [7, 11) is -4.32. The molecule has 0 aliphatic rings. The second kappa shape index (κ2) is 8.70. The lowest BCUT2D eigenvalue weighted by atomic mass is 10.1. The number of hydrogen-bond acceptors (Lipinski definition) is 8. The molecule has 0 fully saturated rings. The van der Waals surface area contributed by atoms with E-state index in [2.05, 4.69) is 10.3 Å². The van der Waals surface area contributed by atoms with Crippen LogP contribution in [0.2, 0.25) is 0 Å². The highest BCUT2D eigenvalue weighted by Crippen LogP contribution is 2.28. The Bertz CT molecular complexity index is 1000. The van der Waals surface area contributed by atoms with E-state index < -0.39 is 39.3 Å². The van der Waals surface area contributed by atoms with Crippen LogP contribution in [0.3, 0.4) is 0 Å². The molecular weight excluding hydrogens is 430 g/mol. The molecule has 1 heterocycles. The van der Waals surface area contributed by atoms with Gasteiger partial charge in [0.2, 0.25) is 4.34 Å². The Morgan fingerprint density at radius 3 is 2.23 bits per heavy atom. The molecule has 3 N–H and O–H groups in total. The van der Waals surface area contributed by atoms with E-state index in [-0.39, 0.29) is 4.34 Å². The molecule has 0 aliphatic carbocycles. The van der Waals surface area contributed by atoms with E-state index in [1.807, 2.05) is 4.72 Å². The molecule has 0 spiro atoms. The fourth-order valence-electron chi connectivity index (χ4n) is 2.27. The van der Waals surface area contributed by atoms with E-state index in [0.29, 0.717) is 10.4 Å². The van der Waals surface area contributed by atoms with Crippen LogP contribution in [-0.4, -0.2) is 36.1 Å². The lowest BCUT2D eigenvalue weighted by Gasteiger charge is -2.23. The smallest absolute Gasteiger partial charge is 0.408 e. The van der Waals surface area contributed by atoms with Gasteiger partial charge in [0.1, 0.15) is 11.6 Å². The van der Waals surface area contributed by atoms with Crippen molar-refractivity contribution in [2.24, 2.45) is 0 Å². The Morgan fingerprint density at radius 1 is 1.13 bits per heavy atom. The second-order valence-corrected chi connectivity index (χ2v) is 10.9. The topological polar surface area (TPSA) is 135 Å². The van der Waals surface area contributed by atoms with Crippen molar-refractivity contribution in [3.05, 3.63) is 47.0 Å². The van der Waals surface area contributed by atoms with Crippen molar-refractivity contribution >= 4 is 33.4 Å². The summed E-state index contributed by atoms with van der Waals surface area (Å²) in [5, 5.41) is 12.4. The number of carbonyl (C=O) groups excluding carboxylic acids is 2. The number of rotatable bonds is 6. The third-order valence-electron chi connectivity index (χ3n) is 3.61. The van der Waals surface area contributed by atoms with Crippen molar-refractivity contribution in [2.75, 3.05) is 0 Å². The molecule has 9 nitrogen and oxygen atoms in total. The molecule has 1 aromatic carbocycles. The molecule has 2 amide bonds. The van der Waals surface area contributed by atoms with Gasteiger partial charge in [-0.15, -0.1) is 11.3 Å². The largest absolute Gasteiger partial charge is 0.444 e. The van der Waals surface area contributed by atoms with Crippen LogP contribution in [0.5, 0.6) is 0 Å². The number of carbonyl (C=O) groups is 2. The number of thiazole rings is 1. The highest BCUT2D eigenvalue weighted by atomic mass is 32.2.